The number of ether oxygens (including phenoxy) is 1. The minimum absolute atomic E-state index is 0. The van der Waals surface area contributed by atoms with Gasteiger partial charge in [-0.05, 0) is 24.8 Å². The summed E-state index contributed by atoms with van der Waals surface area (Å²) in [6.07, 6.45) is 5.22. The Morgan fingerprint density at radius 2 is 2.00 bits per heavy atom. The average molecular weight is 469 g/mol. The molecule has 21 heavy (non-hydrogen) atoms. The Morgan fingerprint density at radius 1 is 1.38 bits per heavy atom. The molecule has 5 heteroatoms. The van der Waals surface area contributed by atoms with Crippen LogP contribution >= 0.6 is 22.6 Å². The molecule has 0 bridgehead atoms. The Hall–Kier alpha value is -0.456. The van der Waals surface area contributed by atoms with E-state index in [9.17, 15) is 4.79 Å². The number of allylic oxidation sites excluding steroid dienone is 3. The Kier molecular flexibility index (Phi) is 7.30. The van der Waals surface area contributed by atoms with E-state index in [0.717, 1.165) is 27.1 Å². The smallest absolute Gasteiger partial charge is 0.308 e. The van der Waals surface area contributed by atoms with Crippen LogP contribution in [-0.4, -0.2) is 17.4 Å². The Bertz CT molecular complexity index is 605. The number of likely N-dealkylation sites (N-methyl/N-ethyl adjacent to an activating group) is 1. The third-order valence-corrected chi connectivity index (χ3v) is 3.85. The van der Waals surface area contributed by atoms with E-state index >= 15 is 0 Å². The van der Waals surface area contributed by atoms with Gasteiger partial charge in [-0.25, -0.2) is 0 Å². The van der Waals surface area contributed by atoms with Crippen LogP contribution in [0.3, 0.4) is 0 Å². The summed E-state index contributed by atoms with van der Waals surface area (Å²) in [6.45, 7) is 8.40. The molecule has 3 nitrogen and oxygen atoms in total. The summed E-state index contributed by atoms with van der Waals surface area (Å²) in [6, 6.07) is 7.40. The van der Waals surface area contributed by atoms with Crippen LogP contribution in [0.1, 0.15) is 19.4 Å². The van der Waals surface area contributed by atoms with Crippen LogP contribution in [0.4, 0.5) is 0 Å². The zero-order valence-corrected chi connectivity index (χ0v) is 17.0. The molecule has 0 saturated carbocycles. The third kappa shape index (κ3) is 4.50. The van der Waals surface area contributed by atoms with Crippen LogP contribution in [0.15, 0.2) is 46.2 Å². The maximum atomic E-state index is 10.9. The molecule has 0 saturated heterocycles. The summed E-state index contributed by atoms with van der Waals surface area (Å²) in [4.78, 5) is 13.0. The zero-order chi connectivity index (χ0) is 14.7. The molecule has 0 amide bonds. The monoisotopic (exact) mass is 469 g/mol. The normalized spacial score (nSPS) is 14.0. The number of nitrogens with zero attached hydrogens (tertiary/aromatic N) is 1. The molecular weight excluding hydrogens is 454 g/mol. The van der Waals surface area contributed by atoms with Gasteiger partial charge in [0.2, 0.25) is 0 Å². The summed E-state index contributed by atoms with van der Waals surface area (Å²) in [5, 5.41) is 0. The maximum absolute atomic E-state index is 10.9. The van der Waals surface area contributed by atoms with Crippen molar-refractivity contribution in [3.63, 3.8) is 0 Å². The van der Waals surface area contributed by atoms with Crippen molar-refractivity contribution < 1.29 is 42.2 Å². The van der Waals surface area contributed by atoms with Crippen molar-refractivity contribution in [3.8, 4) is 5.75 Å². The van der Waals surface area contributed by atoms with E-state index in [-0.39, 0.29) is 38.7 Å². The molecule has 1 aromatic rings. The molecule has 1 radical (unpaired) electrons. The van der Waals surface area contributed by atoms with Crippen LogP contribution in [0.25, 0.3) is 5.70 Å². The van der Waals surface area contributed by atoms with Crippen LogP contribution in [0, 0.1) is 6.08 Å². The fourth-order valence-electron chi connectivity index (χ4n) is 1.99. The van der Waals surface area contributed by atoms with E-state index in [0.29, 0.717) is 5.75 Å². The Labute approximate surface area is 164 Å². The third-order valence-electron chi connectivity index (χ3n) is 2.91. The second-order valence-electron chi connectivity index (χ2n) is 4.29. The molecule has 107 valence electrons. The topological polar surface area (TPSA) is 29.5 Å². The second-order valence-corrected chi connectivity index (χ2v) is 5.46. The Morgan fingerprint density at radius 3 is 2.52 bits per heavy atom. The van der Waals surface area contributed by atoms with Gasteiger partial charge in [-0.2, -0.15) is 12.2 Å². The molecule has 1 aliphatic heterocycles. The molecule has 2 rings (SSSR count). The summed E-state index contributed by atoms with van der Waals surface area (Å²) in [5.74, 6) is 0.229. The van der Waals surface area contributed by atoms with Gasteiger partial charge in [0.05, 0.1) is 0 Å². The number of carbonyl (C=O) groups is 1. The van der Waals surface area contributed by atoms with Crippen molar-refractivity contribution in [1.82, 2.24) is 4.90 Å². The predicted octanol–water partition coefficient (Wildman–Crippen LogP) is 3.92. The van der Waals surface area contributed by atoms with Gasteiger partial charge in [0.1, 0.15) is 5.75 Å². The van der Waals surface area contributed by atoms with E-state index in [1.54, 1.807) is 12.1 Å². The van der Waals surface area contributed by atoms with Crippen molar-refractivity contribution >= 4 is 34.3 Å². The largest absolute Gasteiger partial charge is 0.427 e. The van der Waals surface area contributed by atoms with E-state index in [4.69, 9.17) is 4.74 Å². The number of carbonyl (C=O) groups excluding carboxylic acids is 1. The number of halogens is 1. The first-order valence-electron chi connectivity index (χ1n) is 6.27. The molecule has 0 aliphatic carbocycles. The van der Waals surface area contributed by atoms with Crippen molar-refractivity contribution in [3.05, 3.63) is 57.8 Å². The first-order valence-corrected chi connectivity index (χ1v) is 7.35. The van der Waals surface area contributed by atoms with Crippen molar-refractivity contribution in [1.29, 1.82) is 0 Å². The average Bonchev–Trinajstić information content (AvgIpc) is 2.42. The predicted molar refractivity (Wildman–Crippen MR) is 88.0 cm³/mol. The van der Waals surface area contributed by atoms with Crippen LogP contribution < -0.4 is 4.74 Å². The minimum atomic E-state index is -0.317. The van der Waals surface area contributed by atoms with Gasteiger partial charge < -0.3 is 9.64 Å². The van der Waals surface area contributed by atoms with Gasteiger partial charge in [-0.3, -0.25) is 4.79 Å². The molecule has 0 aromatic heterocycles. The quantitative estimate of drug-likeness (QED) is 0.291. The molecule has 1 heterocycles. The van der Waals surface area contributed by atoms with E-state index in [1.165, 1.54) is 6.92 Å². The van der Waals surface area contributed by atoms with Gasteiger partial charge in [-0.1, -0.05) is 21.4 Å². The number of hydrogen-bond donors (Lipinski definition) is 0. The SMILES string of the molecule is C=C1C(I)=C[C-]=C(c2ccc(OC(C)=O)cc2)N1CC.[Y]. The first-order chi connectivity index (χ1) is 9.52. The van der Waals surface area contributed by atoms with Crippen molar-refractivity contribution in [2.75, 3.05) is 6.54 Å². The Balaban J connectivity index is 0.00000220. The van der Waals surface area contributed by atoms with E-state index in [2.05, 4.69) is 47.1 Å². The first kappa shape index (κ1) is 18.6. The van der Waals surface area contributed by atoms with Gasteiger partial charge in [0.25, 0.3) is 0 Å². The molecule has 0 spiro atoms. The molecular formula is C16H15INO2Y-. The standard InChI is InChI=1S/C16H15INO2.Y/c1-4-18-11(2)15(17)9-10-16(18)13-5-7-14(8-6-13)20-12(3)19;/h5-9H,2,4H2,1,3H3;/q-1;. The summed E-state index contributed by atoms with van der Waals surface area (Å²) < 4.78 is 6.12. The fourth-order valence-corrected chi connectivity index (χ4v) is 2.44. The van der Waals surface area contributed by atoms with Crippen LogP contribution in [0.5, 0.6) is 5.75 Å². The zero-order valence-electron chi connectivity index (χ0n) is 12.0. The number of hydrogen-bond acceptors (Lipinski definition) is 3. The summed E-state index contributed by atoms with van der Waals surface area (Å²) in [7, 11) is 0. The van der Waals surface area contributed by atoms with Gasteiger partial charge >= 0.3 is 5.97 Å². The van der Waals surface area contributed by atoms with Crippen molar-refractivity contribution in [2.24, 2.45) is 0 Å². The molecule has 0 N–H and O–H groups in total. The van der Waals surface area contributed by atoms with Gasteiger partial charge in [0.15, 0.2) is 0 Å². The van der Waals surface area contributed by atoms with Crippen LogP contribution in [-0.2, 0) is 37.5 Å². The van der Waals surface area contributed by atoms with Gasteiger partial charge in [0, 0.05) is 46.2 Å². The number of benzene rings is 1. The van der Waals surface area contributed by atoms with Crippen LogP contribution in [0.2, 0.25) is 0 Å². The molecule has 0 atom stereocenters. The molecule has 1 aromatic carbocycles. The van der Waals surface area contributed by atoms with E-state index in [1.807, 2.05) is 18.2 Å². The van der Waals surface area contributed by atoms with E-state index < -0.39 is 0 Å². The summed E-state index contributed by atoms with van der Waals surface area (Å²) in [5.41, 5.74) is 2.97. The molecule has 0 unspecified atom stereocenters. The second kappa shape index (κ2) is 8.25. The molecule has 1 aliphatic rings. The minimum Gasteiger partial charge on any atom is -0.427 e. The number of rotatable bonds is 3. The molecule has 0 fully saturated rings. The van der Waals surface area contributed by atoms with Gasteiger partial charge in [-0.15, -0.1) is 34.7 Å². The number of esters is 1. The summed E-state index contributed by atoms with van der Waals surface area (Å²) >= 11 is 2.26. The fraction of sp³-hybridized carbons (Fsp3) is 0.188. The van der Waals surface area contributed by atoms with Crippen molar-refractivity contribution in [2.45, 2.75) is 13.8 Å². The maximum Gasteiger partial charge on any atom is 0.308 e.